The van der Waals surface area contributed by atoms with Crippen molar-refractivity contribution in [3.8, 4) is 32.4 Å². The first-order valence-electron chi connectivity index (χ1n) is 8.94. The van der Waals surface area contributed by atoms with E-state index in [1.807, 2.05) is 18.2 Å². The van der Waals surface area contributed by atoms with Crippen molar-refractivity contribution in [3.63, 3.8) is 0 Å². The van der Waals surface area contributed by atoms with E-state index in [1.54, 1.807) is 25.6 Å². The summed E-state index contributed by atoms with van der Waals surface area (Å²) >= 11 is 1.69. The molecule has 3 aromatic rings. The number of benzene rings is 2. The Morgan fingerprint density at radius 2 is 1.48 bits per heavy atom. The molecule has 27 heavy (non-hydrogen) atoms. The lowest BCUT2D eigenvalue weighted by atomic mass is 10.1. The summed E-state index contributed by atoms with van der Waals surface area (Å²) < 4.78 is 10.8. The van der Waals surface area contributed by atoms with Crippen molar-refractivity contribution >= 4 is 24.6 Å². The van der Waals surface area contributed by atoms with Gasteiger partial charge in [-0.3, -0.25) is 0 Å². The van der Waals surface area contributed by atoms with Crippen molar-refractivity contribution in [1.29, 1.82) is 0 Å². The molecule has 0 radical (unpaired) electrons. The molecule has 142 valence electrons. The van der Waals surface area contributed by atoms with Gasteiger partial charge in [0.05, 0.1) is 28.9 Å². The number of ether oxygens (including phenoxy) is 2. The van der Waals surface area contributed by atoms with Crippen molar-refractivity contribution in [2.75, 3.05) is 14.2 Å². The molecular formula is C22H26O3SSi. The van der Waals surface area contributed by atoms with Gasteiger partial charge in [0.1, 0.15) is 0 Å². The zero-order valence-electron chi connectivity index (χ0n) is 16.5. The second-order valence-electron chi connectivity index (χ2n) is 7.52. The average Bonchev–Trinajstić information content (AvgIpc) is 3.11. The van der Waals surface area contributed by atoms with Gasteiger partial charge in [-0.2, -0.15) is 0 Å². The molecule has 0 aliphatic heterocycles. The Morgan fingerprint density at radius 1 is 0.852 bits per heavy atom. The van der Waals surface area contributed by atoms with E-state index in [0.717, 1.165) is 26.4 Å². The minimum absolute atomic E-state index is 0.0227. The second kappa shape index (κ2) is 7.88. The monoisotopic (exact) mass is 398 g/mol. The highest BCUT2D eigenvalue weighted by molar-refractivity contribution is 7.19. The van der Waals surface area contributed by atoms with Crippen LogP contribution >= 0.6 is 11.3 Å². The number of methoxy groups -OCH3 is 2. The summed E-state index contributed by atoms with van der Waals surface area (Å²) in [4.78, 5) is 2.22. The molecule has 0 aliphatic carbocycles. The molecule has 0 spiro atoms. The fourth-order valence-electron chi connectivity index (χ4n) is 3.04. The Kier molecular flexibility index (Phi) is 5.74. The fourth-order valence-corrected chi connectivity index (χ4v) is 5.38. The van der Waals surface area contributed by atoms with E-state index >= 15 is 0 Å². The van der Waals surface area contributed by atoms with Crippen LogP contribution in [0.1, 0.15) is 5.56 Å². The van der Waals surface area contributed by atoms with Gasteiger partial charge in [0.2, 0.25) is 0 Å². The molecule has 5 heteroatoms. The number of rotatable bonds is 6. The Hall–Kier alpha value is -2.08. The van der Waals surface area contributed by atoms with Crippen LogP contribution in [-0.2, 0) is 6.61 Å². The third kappa shape index (κ3) is 4.10. The fraction of sp³-hybridized carbons (Fsp3) is 0.273. The first-order chi connectivity index (χ1) is 12.9. The van der Waals surface area contributed by atoms with Crippen LogP contribution in [0.5, 0.6) is 11.5 Å². The maximum absolute atomic E-state index is 9.88. The van der Waals surface area contributed by atoms with Gasteiger partial charge in [0.15, 0.2) is 11.5 Å². The first-order valence-corrected chi connectivity index (χ1v) is 13.3. The third-order valence-electron chi connectivity index (χ3n) is 4.66. The lowest BCUT2D eigenvalue weighted by Crippen LogP contribution is -2.37. The van der Waals surface area contributed by atoms with E-state index in [2.05, 4.69) is 50.0 Å². The number of thiophene rings is 1. The summed E-state index contributed by atoms with van der Waals surface area (Å²) in [6.45, 7) is 7.07. The minimum Gasteiger partial charge on any atom is -0.493 e. The maximum Gasteiger partial charge on any atom is 0.161 e. The van der Waals surface area contributed by atoms with E-state index in [0.29, 0.717) is 11.5 Å². The molecule has 0 bridgehead atoms. The van der Waals surface area contributed by atoms with E-state index in [9.17, 15) is 5.11 Å². The zero-order valence-corrected chi connectivity index (χ0v) is 18.3. The number of aliphatic hydroxyl groups excluding tert-OH is 1. The number of hydrogen-bond donors (Lipinski definition) is 1. The Bertz CT molecular complexity index is 924. The largest absolute Gasteiger partial charge is 0.493 e. The van der Waals surface area contributed by atoms with Crippen molar-refractivity contribution in [1.82, 2.24) is 0 Å². The van der Waals surface area contributed by atoms with Crippen LogP contribution in [-0.4, -0.2) is 27.4 Å². The minimum atomic E-state index is -1.32. The Balaban J connectivity index is 2.01. The van der Waals surface area contributed by atoms with Crippen LogP contribution in [0.3, 0.4) is 0 Å². The predicted octanol–water partition coefficient (Wildman–Crippen LogP) is 5.14. The Morgan fingerprint density at radius 3 is 2.04 bits per heavy atom. The van der Waals surface area contributed by atoms with Crippen molar-refractivity contribution in [3.05, 3.63) is 54.1 Å². The molecule has 2 aromatic carbocycles. The number of aliphatic hydroxyl groups is 1. The summed E-state index contributed by atoms with van der Waals surface area (Å²) in [6, 6.07) is 16.8. The molecule has 1 N–H and O–H groups in total. The molecule has 0 saturated heterocycles. The average molecular weight is 399 g/mol. The van der Waals surface area contributed by atoms with E-state index < -0.39 is 8.07 Å². The van der Waals surface area contributed by atoms with Gasteiger partial charge in [-0.15, -0.1) is 11.3 Å². The van der Waals surface area contributed by atoms with E-state index in [1.165, 1.54) is 5.19 Å². The third-order valence-corrected chi connectivity index (χ3v) is 8.00. The topological polar surface area (TPSA) is 38.7 Å². The molecule has 1 aromatic heterocycles. The van der Waals surface area contributed by atoms with E-state index in [-0.39, 0.29) is 6.61 Å². The van der Waals surface area contributed by atoms with Crippen molar-refractivity contribution in [2.45, 2.75) is 26.2 Å². The van der Waals surface area contributed by atoms with Crippen LogP contribution in [0.4, 0.5) is 0 Å². The van der Waals surface area contributed by atoms with Crippen LogP contribution < -0.4 is 14.7 Å². The van der Waals surface area contributed by atoms with Crippen molar-refractivity contribution < 1.29 is 14.6 Å². The van der Waals surface area contributed by atoms with Crippen LogP contribution in [0, 0.1) is 0 Å². The molecule has 0 saturated carbocycles. The molecule has 0 amide bonds. The molecule has 0 fully saturated rings. The molecule has 1 heterocycles. The Labute approximate surface area is 166 Å². The van der Waals surface area contributed by atoms with Gasteiger partial charge in [-0.1, -0.05) is 49.1 Å². The van der Waals surface area contributed by atoms with Gasteiger partial charge in [-0.25, -0.2) is 0 Å². The molecule has 0 atom stereocenters. The van der Waals surface area contributed by atoms with Crippen LogP contribution in [0.25, 0.3) is 20.9 Å². The lowest BCUT2D eigenvalue weighted by Gasteiger charge is -2.16. The summed E-state index contributed by atoms with van der Waals surface area (Å²) in [5.74, 6) is 1.41. The normalized spacial score (nSPS) is 11.5. The summed E-state index contributed by atoms with van der Waals surface area (Å²) in [5, 5.41) is 11.3. The smallest absolute Gasteiger partial charge is 0.161 e. The summed E-state index contributed by atoms with van der Waals surface area (Å²) in [5.41, 5.74) is 3.15. The molecule has 3 nitrogen and oxygen atoms in total. The standard InChI is InChI=1S/C22H26O3SSi/c1-24-19-11-8-16(12-20(19)25-2)21-13-17(14-23)22(26-21)15-6-9-18(10-7-15)27(3,4)5/h6-13,23H,14H2,1-5H3. The predicted molar refractivity (Wildman–Crippen MR) is 117 cm³/mol. The zero-order chi connectivity index (χ0) is 19.6. The number of hydrogen-bond acceptors (Lipinski definition) is 4. The second-order valence-corrected chi connectivity index (χ2v) is 13.6. The van der Waals surface area contributed by atoms with Crippen molar-refractivity contribution in [2.24, 2.45) is 0 Å². The SMILES string of the molecule is COc1ccc(-c2cc(CO)c(-c3ccc([Si](C)(C)C)cc3)s2)cc1OC. The summed E-state index contributed by atoms with van der Waals surface area (Å²) in [6.07, 6.45) is 0. The molecule has 0 unspecified atom stereocenters. The van der Waals surface area contributed by atoms with Gasteiger partial charge in [0, 0.05) is 9.75 Å². The summed E-state index contributed by atoms with van der Waals surface area (Å²) in [7, 11) is 1.96. The highest BCUT2D eigenvalue weighted by Crippen LogP contribution is 2.40. The molecule has 0 aliphatic rings. The lowest BCUT2D eigenvalue weighted by molar-refractivity contribution is 0.283. The van der Waals surface area contributed by atoms with Crippen LogP contribution in [0.2, 0.25) is 19.6 Å². The first kappa shape index (κ1) is 19.7. The van der Waals surface area contributed by atoms with Crippen LogP contribution in [0.15, 0.2) is 48.5 Å². The maximum atomic E-state index is 9.88. The quantitative estimate of drug-likeness (QED) is 0.585. The van der Waals surface area contributed by atoms with Gasteiger partial charge in [-0.05, 0) is 41.0 Å². The van der Waals surface area contributed by atoms with Gasteiger partial charge in [0.25, 0.3) is 0 Å². The van der Waals surface area contributed by atoms with Gasteiger partial charge < -0.3 is 14.6 Å². The van der Waals surface area contributed by atoms with E-state index in [4.69, 9.17) is 9.47 Å². The van der Waals surface area contributed by atoms with Gasteiger partial charge >= 0.3 is 0 Å². The molecular weight excluding hydrogens is 372 g/mol. The highest BCUT2D eigenvalue weighted by Gasteiger charge is 2.17. The molecule has 3 rings (SSSR count). The highest BCUT2D eigenvalue weighted by atomic mass is 32.1.